The fourth-order valence-corrected chi connectivity index (χ4v) is 2.63. The Morgan fingerprint density at radius 3 is 2.38 bits per heavy atom. The average Bonchev–Trinajstić information content (AvgIpc) is 2.37. The molecule has 2 rings (SSSR count). The summed E-state index contributed by atoms with van der Waals surface area (Å²) in [5, 5.41) is 3.28. The molecule has 0 aliphatic heterocycles. The van der Waals surface area contributed by atoms with Gasteiger partial charge in [-0.1, -0.05) is 20.8 Å². The van der Waals surface area contributed by atoms with Gasteiger partial charge >= 0.3 is 0 Å². The average molecular weight is 415 g/mol. The Kier molecular flexibility index (Phi) is 4.88. The molecule has 0 saturated carbocycles. The van der Waals surface area contributed by atoms with Crippen LogP contribution in [0.3, 0.4) is 0 Å². The highest BCUT2D eigenvalue weighted by Crippen LogP contribution is 2.30. The molecule has 21 heavy (non-hydrogen) atoms. The first kappa shape index (κ1) is 16.2. The number of aromatic nitrogens is 2. The predicted octanol–water partition coefficient (Wildman–Crippen LogP) is 5.05. The van der Waals surface area contributed by atoms with E-state index in [1.165, 1.54) is 0 Å². The third-order valence-electron chi connectivity index (χ3n) is 2.79. The van der Waals surface area contributed by atoms with Crippen LogP contribution in [-0.4, -0.2) is 17.1 Å². The molecule has 0 radical (unpaired) electrons. The third-order valence-corrected chi connectivity index (χ3v) is 3.82. The first-order valence-electron chi connectivity index (χ1n) is 6.45. The van der Waals surface area contributed by atoms with Crippen molar-refractivity contribution in [3.63, 3.8) is 0 Å². The second-order valence-electron chi connectivity index (χ2n) is 5.62. The van der Waals surface area contributed by atoms with Crippen LogP contribution >= 0.6 is 31.9 Å². The molecule has 1 aromatic carbocycles. The topological polar surface area (TPSA) is 47.0 Å². The summed E-state index contributed by atoms with van der Waals surface area (Å²) in [6.45, 7) is 6.26. The molecule has 4 nitrogen and oxygen atoms in total. The lowest BCUT2D eigenvalue weighted by atomic mass is 9.96. The molecule has 112 valence electrons. The minimum absolute atomic E-state index is 0.110. The van der Waals surface area contributed by atoms with Crippen molar-refractivity contribution in [1.82, 2.24) is 9.97 Å². The molecule has 0 atom stereocenters. The van der Waals surface area contributed by atoms with E-state index >= 15 is 0 Å². The first-order valence-corrected chi connectivity index (χ1v) is 8.04. The van der Waals surface area contributed by atoms with E-state index < -0.39 is 0 Å². The Labute approximate surface area is 141 Å². The molecule has 0 unspecified atom stereocenters. The molecule has 0 saturated heterocycles. The standard InChI is InChI=1S/C15H17Br2N3O/c1-15(2,3)14-19-12(17)8-13(20-14)18-9-5-6-11(21-4)10(16)7-9/h5-8H,1-4H3,(H,18,19,20). The van der Waals surface area contributed by atoms with E-state index in [9.17, 15) is 0 Å². The summed E-state index contributed by atoms with van der Waals surface area (Å²) in [6.07, 6.45) is 0. The van der Waals surface area contributed by atoms with Crippen molar-refractivity contribution >= 4 is 43.4 Å². The summed E-state index contributed by atoms with van der Waals surface area (Å²) >= 11 is 6.91. The zero-order chi connectivity index (χ0) is 15.6. The summed E-state index contributed by atoms with van der Waals surface area (Å²) in [5.41, 5.74) is 0.814. The van der Waals surface area contributed by atoms with Crippen LogP contribution in [0.15, 0.2) is 33.3 Å². The van der Waals surface area contributed by atoms with Gasteiger partial charge in [0.25, 0.3) is 0 Å². The molecule has 0 fully saturated rings. The monoisotopic (exact) mass is 413 g/mol. The van der Waals surface area contributed by atoms with Crippen molar-refractivity contribution in [3.8, 4) is 5.75 Å². The summed E-state index contributed by atoms with van der Waals surface area (Å²) < 4.78 is 6.88. The molecule has 1 aromatic heterocycles. The van der Waals surface area contributed by atoms with Gasteiger partial charge in [0.1, 0.15) is 22.0 Å². The lowest BCUT2D eigenvalue weighted by Crippen LogP contribution is -2.16. The van der Waals surface area contributed by atoms with Crippen molar-refractivity contribution in [1.29, 1.82) is 0 Å². The molecule has 0 spiro atoms. The molecule has 0 amide bonds. The van der Waals surface area contributed by atoms with Crippen LogP contribution in [0.1, 0.15) is 26.6 Å². The van der Waals surface area contributed by atoms with Gasteiger partial charge in [0.15, 0.2) is 0 Å². The number of nitrogens with one attached hydrogen (secondary N) is 1. The molecule has 6 heteroatoms. The van der Waals surface area contributed by atoms with E-state index in [1.54, 1.807) is 7.11 Å². The van der Waals surface area contributed by atoms with E-state index in [0.717, 1.165) is 32.2 Å². The van der Waals surface area contributed by atoms with Crippen molar-refractivity contribution in [3.05, 3.63) is 39.2 Å². The van der Waals surface area contributed by atoms with Gasteiger partial charge in [-0.2, -0.15) is 0 Å². The minimum atomic E-state index is -0.110. The third kappa shape index (κ3) is 4.17. The number of benzene rings is 1. The van der Waals surface area contributed by atoms with Crippen LogP contribution in [0.2, 0.25) is 0 Å². The second kappa shape index (κ2) is 6.32. The van der Waals surface area contributed by atoms with E-state index in [1.807, 2.05) is 24.3 Å². The van der Waals surface area contributed by atoms with Crippen LogP contribution in [-0.2, 0) is 5.41 Å². The van der Waals surface area contributed by atoms with E-state index in [-0.39, 0.29) is 5.41 Å². The van der Waals surface area contributed by atoms with E-state index in [2.05, 4.69) is 67.9 Å². The first-order chi connectivity index (χ1) is 9.79. The largest absolute Gasteiger partial charge is 0.496 e. The number of rotatable bonds is 3. The Balaban J connectivity index is 2.31. The number of ether oxygens (including phenoxy) is 1. The van der Waals surface area contributed by atoms with Crippen LogP contribution in [0.25, 0.3) is 0 Å². The summed E-state index contributed by atoms with van der Waals surface area (Å²) in [5.74, 6) is 2.32. The van der Waals surface area contributed by atoms with Gasteiger partial charge in [0, 0.05) is 17.2 Å². The molecule has 0 bridgehead atoms. The zero-order valence-electron chi connectivity index (χ0n) is 12.4. The lowest BCUT2D eigenvalue weighted by Gasteiger charge is -2.18. The molecule has 0 aliphatic carbocycles. The summed E-state index contributed by atoms with van der Waals surface area (Å²) in [4.78, 5) is 9.00. The van der Waals surface area contributed by atoms with Gasteiger partial charge < -0.3 is 10.1 Å². The number of anilines is 2. The maximum atomic E-state index is 5.23. The van der Waals surface area contributed by atoms with Crippen molar-refractivity contribution in [2.75, 3.05) is 12.4 Å². The van der Waals surface area contributed by atoms with Crippen molar-refractivity contribution in [2.45, 2.75) is 26.2 Å². The highest BCUT2D eigenvalue weighted by atomic mass is 79.9. The van der Waals surface area contributed by atoms with Gasteiger partial charge in [-0.05, 0) is 50.1 Å². The van der Waals surface area contributed by atoms with Gasteiger partial charge in [-0.3, -0.25) is 0 Å². The van der Waals surface area contributed by atoms with Crippen molar-refractivity contribution in [2.24, 2.45) is 0 Å². The van der Waals surface area contributed by atoms with Gasteiger partial charge in [0.2, 0.25) is 0 Å². The number of methoxy groups -OCH3 is 1. The van der Waals surface area contributed by atoms with Crippen LogP contribution < -0.4 is 10.1 Å². The fraction of sp³-hybridized carbons (Fsp3) is 0.333. The Hall–Kier alpha value is -1.14. The molecule has 2 aromatic rings. The molecular weight excluding hydrogens is 398 g/mol. The fourth-order valence-electron chi connectivity index (χ4n) is 1.71. The van der Waals surface area contributed by atoms with Crippen LogP contribution in [0.5, 0.6) is 5.75 Å². The lowest BCUT2D eigenvalue weighted by molar-refractivity contribution is 0.412. The smallest absolute Gasteiger partial charge is 0.137 e. The highest BCUT2D eigenvalue weighted by Gasteiger charge is 2.18. The minimum Gasteiger partial charge on any atom is -0.496 e. The number of halogens is 2. The Morgan fingerprint density at radius 1 is 1.10 bits per heavy atom. The maximum Gasteiger partial charge on any atom is 0.137 e. The number of hydrogen-bond acceptors (Lipinski definition) is 4. The van der Waals surface area contributed by atoms with Crippen LogP contribution in [0.4, 0.5) is 11.5 Å². The number of hydrogen-bond donors (Lipinski definition) is 1. The quantitative estimate of drug-likeness (QED) is 0.713. The van der Waals surface area contributed by atoms with Gasteiger partial charge in [-0.25, -0.2) is 9.97 Å². The number of nitrogens with zero attached hydrogens (tertiary/aromatic N) is 2. The van der Waals surface area contributed by atoms with Gasteiger partial charge in [-0.15, -0.1) is 0 Å². The van der Waals surface area contributed by atoms with E-state index in [4.69, 9.17) is 4.74 Å². The Bertz CT molecular complexity index is 654. The summed E-state index contributed by atoms with van der Waals surface area (Å²) in [7, 11) is 1.64. The predicted molar refractivity (Wildman–Crippen MR) is 92.4 cm³/mol. The molecule has 1 heterocycles. The normalized spacial score (nSPS) is 11.3. The Morgan fingerprint density at radius 2 is 1.81 bits per heavy atom. The van der Waals surface area contributed by atoms with Crippen molar-refractivity contribution < 1.29 is 4.74 Å². The maximum absolute atomic E-state index is 5.23. The summed E-state index contributed by atoms with van der Waals surface area (Å²) in [6, 6.07) is 7.64. The molecular formula is C15H17Br2N3O. The molecule has 1 N–H and O–H groups in total. The van der Waals surface area contributed by atoms with Crippen LogP contribution in [0, 0.1) is 0 Å². The SMILES string of the molecule is COc1ccc(Nc2cc(Br)nc(C(C)(C)C)n2)cc1Br. The second-order valence-corrected chi connectivity index (χ2v) is 7.29. The molecule has 0 aliphatic rings. The van der Waals surface area contributed by atoms with Gasteiger partial charge in [0.05, 0.1) is 11.6 Å². The zero-order valence-corrected chi connectivity index (χ0v) is 15.5. The van der Waals surface area contributed by atoms with E-state index in [0.29, 0.717) is 0 Å². The highest BCUT2D eigenvalue weighted by molar-refractivity contribution is 9.10.